The van der Waals surface area contributed by atoms with Crippen molar-refractivity contribution in [1.29, 1.82) is 0 Å². The van der Waals surface area contributed by atoms with Crippen molar-refractivity contribution in [3.63, 3.8) is 0 Å². The van der Waals surface area contributed by atoms with E-state index in [0.717, 1.165) is 37.3 Å². The lowest BCUT2D eigenvalue weighted by molar-refractivity contribution is 0.102. The van der Waals surface area contributed by atoms with Crippen LogP contribution in [0.15, 0.2) is 30.5 Å². The number of anilines is 2. The molecule has 1 saturated heterocycles. The van der Waals surface area contributed by atoms with Crippen LogP contribution >= 0.6 is 0 Å². The Morgan fingerprint density at radius 3 is 2.67 bits per heavy atom. The second-order valence-corrected chi connectivity index (χ2v) is 6.11. The Morgan fingerprint density at radius 1 is 1.25 bits per heavy atom. The van der Waals surface area contributed by atoms with Crippen LogP contribution in [0.3, 0.4) is 0 Å². The highest BCUT2D eigenvalue weighted by molar-refractivity contribution is 6.06. The van der Waals surface area contributed by atoms with E-state index in [1.807, 2.05) is 31.2 Å². The molecule has 2 N–H and O–H groups in total. The van der Waals surface area contributed by atoms with Crippen LogP contribution < -0.4 is 10.2 Å². The summed E-state index contributed by atoms with van der Waals surface area (Å²) in [7, 11) is 0. The van der Waals surface area contributed by atoms with Gasteiger partial charge in [-0.1, -0.05) is 12.1 Å². The van der Waals surface area contributed by atoms with E-state index in [1.54, 1.807) is 13.1 Å². The van der Waals surface area contributed by atoms with Gasteiger partial charge in [0, 0.05) is 19.3 Å². The Kier molecular flexibility index (Phi) is 4.76. The van der Waals surface area contributed by atoms with Crippen molar-refractivity contribution in [2.45, 2.75) is 32.8 Å². The number of aliphatic hydroxyl groups excluding tert-OH is 1. The summed E-state index contributed by atoms with van der Waals surface area (Å²) in [5, 5.41) is 12.7. The van der Waals surface area contributed by atoms with Crippen LogP contribution in [0.4, 0.5) is 11.4 Å². The summed E-state index contributed by atoms with van der Waals surface area (Å²) in [5.74, 6) is 0.438. The maximum Gasteiger partial charge on any atom is 0.259 e. The lowest BCUT2D eigenvalue weighted by atomic mass is 10.1. The molecule has 0 radical (unpaired) electrons. The number of para-hydroxylation sites is 2. The number of nitrogens with one attached hydrogen (secondary N) is 1. The molecule has 2 aromatic rings. The second-order valence-electron chi connectivity index (χ2n) is 6.11. The highest BCUT2D eigenvalue weighted by Crippen LogP contribution is 2.28. The van der Waals surface area contributed by atoms with Crippen LogP contribution in [0.25, 0.3) is 0 Å². The molecule has 1 aromatic heterocycles. The zero-order valence-corrected chi connectivity index (χ0v) is 14.0. The summed E-state index contributed by atoms with van der Waals surface area (Å²) in [5.41, 5.74) is 2.88. The van der Waals surface area contributed by atoms with Crippen molar-refractivity contribution in [2.24, 2.45) is 0 Å². The van der Waals surface area contributed by atoms with Gasteiger partial charge in [0.1, 0.15) is 5.82 Å². The maximum absolute atomic E-state index is 12.6. The average Bonchev–Trinajstić information content (AvgIpc) is 2.56. The smallest absolute Gasteiger partial charge is 0.259 e. The van der Waals surface area contributed by atoms with Crippen LogP contribution in [0.5, 0.6) is 0 Å². The number of nitrogens with zero attached hydrogens (tertiary/aromatic N) is 3. The molecule has 0 saturated carbocycles. The van der Waals surface area contributed by atoms with Crippen LogP contribution in [-0.4, -0.2) is 40.2 Å². The first-order valence-electron chi connectivity index (χ1n) is 8.18. The van der Waals surface area contributed by atoms with Crippen molar-refractivity contribution in [2.75, 3.05) is 23.3 Å². The summed E-state index contributed by atoms with van der Waals surface area (Å²) < 4.78 is 0. The molecule has 3 rings (SSSR count). The molecule has 1 aliphatic rings. The number of piperidine rings is 1. The predicted octanol–water partition coefficient (Wildman–Crippen LogP) is 2.31. The quantitative estimate of drug-likeness (QED) is 0.905. The Bertz CT molecular complexity index is 740. The van der Waals surface area contributed by atoms with Gasteiger partial charge in [0.05, 0.1) is 28.7 Å². The summed E-state index contributed by atoms with van der Waals surface area (Å²) >= 11 is 0. The van der Waals surface area contributed by atoms with E-state index in [0.29, 0.717) is 17.1 Å². The number of aliphatic hydroxyl groups is 1. The van der Waals surface area contributed by atoms with E-state index >= 15 is 0 Å². The van der Waals surface area contributed by atoms with Crippen LogP contribution in [-0.2, 0) is 0 Å². The molecule has 126 valence electrons. The number of aryl methyl sites for hydroxylation is 2. The fourth-order valence-corrected chi connectivity index (χ4v) is 2.96. The van der Waals surface area contributed by atoms with Gasteiger partial charge in [-0.2, -0.15) is 0 Å². The number of amides is 1. The minimum atomic E-state index is -0.227. The van der Waals surface area contributed by atoms with Gasteiger partial charge < -0.3 is 15.3 Å². The number of rotatable bonds is 3. The van der Waals surface area contributed by atoms with Gasteiger partial charge in [-0.25, -0.2) is 9.97 Å². The SMILES string of the molecule is Cc1ncc(C(=O)Nc2ccccc2N2CCC(O)CC2)c(C)n1. The van der Waals surface area contributed by atoms with Crippen molar-refractivity contribution in [3.05, 3.63) is 47.5 Å². The first-order valence-corrected chi connectivity index (χ1v) is 8.18. The van der Waals surface area contributed by atoms with Crippen LogP contribution in [0.2, 0.25) is 0 Å². The fraction of sp³-hybridized carbons (Fsp3) is 0.389. The Morgan fingerprint density at radius 2 is 1.96 bits per heavy atom. The van der Waals surface area contributed by atoms with Gasteiger partial charge >= 0.3 is 0 Å². The zero-order chi connectivity index (χ0) is 17.1. The number of hydrogen-bond acceptors (Lipinski definition) is 5. The van der Waals surface area contributed by atoms with Gasteiger partial charge in [0.15, 0.2) is 0 Å². The molecular formula is C18H22N4O2. The van der Waals surface area contributed by atoms with Gasteiger partial charge in [-0.05, 0) is 38.8 Å². The third-order valence-corrected chi connectivity index (χ3v) is 4.30. The molecule has 0 atom stereocenters. The molecule has 1 aliphatic heterocycles. The number of aromatic nitrogens is 2. The predicted molar refractivity (Wildman–Crippen MR) is 93.4 cm³/mol. The Hall–Kier alpha value is -2.47. The van der Waals surface area contributed by atoms with Gasteiger partial charge in [0.2, 0.25) is 0 Å². The van der Waals surface area contributed by atoms with E-state index in [1.165, 1.54) is 0 Å². The van der Waals surface area contributed by atoms with Crippen LogP contribution in [0, 0.1) is 13.8 Å². The van der Waals surface area contributed by atoms with Crippen LogP contribution in [0.1, 0.15) is 34.7 Å². The highest BCUT2D eigenvalue weighted by atomic mass is 16.3. The molecule has 24 heavy (non-hydrogen) atoms. The van der Waals surface area contributed by atoms with E-state index in [4.69, 9.17) is 0 Å². The molecule has 1 fully saturated rings. The summed E-state index contributed by atoms with van der Waals surface area (Å²) in [4.78, 5) is 23.1. The topological polar surface area (TPSA) is 78.4 Å². The standard InChI is InChI=1S/C18H22N4O2/c1-12-15(11-19-13(2)20-12)18(24)21-16-5-3-4-6-17(16)22-9-7-14(23)8-10-22/h3-6,11,14,23H,7-10H2,1-2H3,(H,21,24). The molecule has 2 heterocycles. The Balaban J connectivity index is 1.81. The second kappa shape index (κ2) is 6.97. The number of benzene rings is 1. The minimum Gasteiger partial charge on any atom is -0.393 e. The van der Waals surface area contributed by atoms with E-state index in [2.05, 4.69) is 20.2 Å². The minimum absolute atomic E-state index is 0.211. The summed E-state index contributed by atoms with van der Waals surface area (Å²) in [6, 6.07) is 7.74. The molecule has 1 aromatic carbocycles. The van der Waals surface area contributed by atoms with Crippen molar-refractivity contribution < 1.29 is 9.90 Å². The van der Waals surface area contributed by atoms with Crippen molar-refractivity contribution in [3.8, 4) is 0 Å². The Labute approximate surface area is 141 Å². The van der Waals surface area contributed by atoms with Gasteiger partial charge in [-0.3, -0.25) is 4.79 Å². The number of carbonyl (C=O) groups is 1. The van der Waals surface area contributed by atoms with E-state index in [9.17, 15) is 9.90 Å². The third kappa shape index (κ3) is 3.54. The average molecular weight is 326 g/mol. The molecular weight excluding hydrogens is 304 g/mol. The first-order chi connectivity index (χ1) is 11.5. The molecule has 0 spiro atoms. The van der Waals surface area contributed by atoms with Gasteiger partial charge in [0.25, 0.3) is 5.91 Å². The lowest BCUT2D eigenvalue weighted by Crippen LogP contribution is -2.36. The molecule has 0 aliphatic carbocycles. The first kappa shape index (κ1) is 16.4. The summed E-state index contributed by atoms with van der Waals surface area (Å²) in [6.45, 7) is 5.16. The molecule has 6 nitrogen and oxygen atoms in total. The maximum atomic E-state index is 12.6. The number of hydrogen-bond donors (Lipinski definition) is 2. The third-order valence-electron chi connectivity index (χ3n) is 4.30. The largest absolute Gasteiger partial charge is 0.393 e. The number of carbonyl (C=O) groups excluding carboxylic acids is 1. The van der Waals surface area contributed by atoms with E-state index in [-0.39, 0.29) is 12.0 Å². The molecule has 0 bridgehead atoms. The summed E-state index contributed by atoms with van der Waals surface area (Å²) in [6.07, 6.45) is 2.82. The normalized spacial score (nSPS) is 15.4. The van der Waals surface area contributed by atoms with Crippen molar-refractivity contribution in [1.82, 2.24) is 9.97 Å². The highest BCUT2D eigenvalue weighted by Gasteiger charge is 2.20. The monoisotopic (exact) mass is 326 g/mol. The van der Waals surface area contributed by atoms with Gasteiger partial charge in [-0.15, -0.1) is 0 Å². The molecule has 1 amide bonds. The fourth-order valence-electron chi connectivity index (χ4n) is 2.96. The molecule has 0 unspecified atom stereocenters. The lowest BCUT2D eigenvalue weighted by Gasteiger charge is -2.32. The van der Waals surface area contributed by atoms with Crippen molar-refractivity contribution >= 4 is 17.3 Å². The molecule has 6 heteroatoms. The van der Waals surface area contributed by atoms with E-state index < -0.39 is 0 Å². The zero-order valence-electron chi connectivity index (χ0n) is 14.0.